The molecular weight excluding hydrogens is 344 g/mol. The number of benzene rings is 3. The summed E-state index contributed by atoms with van der Waals surface area (Å²) in [7, 11) is 0. The number of nitrogens with zero attached hydrogens (tertiary/aromatic N) is 2. The fraction of sp³-hybridized carbons (Fsp3) is 0.0800. The van der Waals surface area contributed by atoms with E-state index in [0.717, 1.165) is 22.4 Å². The molecule has 1 N–H and O–H groups in total. The van der Waals surface area contributed by atoms with Gasteiger partial charge in [0.25, 0.3) is 0 Å². The third-order valence-corrected chi connectivity index (χ3v) is 4.86. The lowest BCUT2D eigenvalue weighted by molar-refractivity contribution is 0.0889. The van der Waals surface area contributed by atoms with Gasteiger partial charge >= 0.3 is 0 Å². The molecule has 138 valence electrons. The van der Waals surface area contributed by atoms with Crippen molar-refractivity contribution in [1.82, 2.24) is 4.68 Å². The van der Waals surface area contributed by atoms with Gasteiger partial charge in [-0.25, -0.2) is 4.68 Å². The highest BCUT2D eigenvalue weighted by atomic mass is 16.3. The first kappa shape index (κ1) is 18.0. The van der Waals surface area contributed by atoms with Crippen molar-refractivity contribution in [3.8, 4) is 0 Å². The van der Waals surface area contributed by atoms with Crippen LogP contribution in [0.3, 0.4) is 0 Å². The predicted octanol–water partition coefficient (Wildman–Crippen LogP) is 5.07. The third kappa shape index (κ3) is 3.80. The number of rotatable bonds is 6. The summed E-state index contributed by atoms with van der Waals surface area (Å²) in [6.45, 7) is 0. The molecule has 0 atom stereocenters. The topological polar surface area (TPSA) is 37.5 Å². The Balaban J connectivity index is 1.84. The van der Waals surface area contributed by atoms with Gasteiger partial charge < -0.3 is 5.11 Å². The first-order valence-electron chi connectivity index (χ1n) is 9.35. The van der Waals surface area contributed by atoms with E-state index in [1.165, 1.54) is 0 Å². The standard InChI is InChI=1S/C25H22N2O/c28-25(22-14-6-2-7-15-22,23-16-8-3-9-17-23)20-24(21-12-4-1-5-13-21)26-27-18-10-11-19-27/h1-19,28H,20H2/b26-24-. The van der Waals surface area contributed by atoms with Gasteiger partial charge in [-0.05, 0) is 28.8 Å². The molecule has 4 rings (SSSR count). The summed E-state index contributed by atoms with van der Waals surface area (Å²) in [5.74, 6) is 0. The fourth-order valence-corrected chi connectivity index (χ4v) is 3.40. The Hall–Kier alpha value is -3.43. The average molecular weight is 366 g/mol. The third-order valence-electron chi connectivity index (χ3n) is 4.86. The van der Waals surface area contributed by atoms with Crippen molar-refractivity contribution in [2.45, 2.75) is 12.0 Å². The molecule has 0 saturated carbocycles. The van der Waals surface area contributed by atoms with Crippen LogP contribution >= 0.6 is 0 Å². The molecule has 3 aromatic carbocycles. The zero-order valence-electron chi connectivity index (χ0n) is 15.5. The maximum absolute atomic E-state index is 11.9. The molecule has 0 saturated heterocycles. The van der Waals surface area contributed by atoms with Crippen LogP contribution in [0.2, 0.25) is 0 Å². The fourth-order valence-electron chi connectivity index (χ4n) is 3.40. The normalized spacial score (nSPS) is 12.1. The van der Waals surface area contributed by atoms with Crippen molar-refractivity contribution in [2.75, 3.05) is 0 Å². The summed E-state index contributed by atoms with van der Waals surface area (Å²) in [6, 6.07) is 33.5. The van der Waals surface area contributed by atoms with Gasteiger partial charge in [-0.15, -0.1) is 0 Å². The van der Waals surface area contributed by atoms with Crippen LogP contribution in [0, 0.1) is 0 Å². The van der Waals surface area contributed by atoms with Crippen molar-refractivity contribution >= 4 is 5.71 Å². The molecule has 0 fully saturated rings. The molecule has 0 radical (unpaired) electrons. The molecule has 0 spiro atoms. The summed E-state index contributed by atoms with van der Waals surface area (Å²) in [5, 5.41) is 16.7. The highest BCUT2D eigenvalue weighted by Crippen LogP contribution is 2.34. The van der Waals surface area contributed by atoms with Crippen LogP contribution in [0.5, 0.6) is 0 Å². The van der Waals surface area contributed by atoms with Crippen molar-refractivity contribution in [3.63, 3.8) is 0 Å². The molecule has 0 aliphatic heterocycles. The van der Waals surface area contributed by atoms with Crippen LogP contribution in [-0.2, 0) is 5.60 Å². The monoisotopic (exact) mass is 366 g/mol. The van der Waals surface area contributed by atoms with Crippen molar-refractivity contribution in [3.05, 3.63) is 132 Å². The zero-order valence-corrected chi connectivity index (χ0v) is 15.5. The van der Waals surface area contributed by atoms with E-state index in [2.05, 4.69) is 0 Å². The Morgan fingerprint density at radius 1 is 0.679 bits per heavy atom. The molecule has 0 aliphatic carbocycles. The number of hydrogen-bond donors (Lipinski definition) is 1. The predicted molar refractivity (Wildman–Crippen MR) is 113 cm³/mol. The van der Waals surface area contributed by atoms with Gasteiger partial charge in [0.05, 0.1) is 5.71 Å². The summed E-state index contributed by atoms with van der Waals surface area (Å²) in [4.78, 5) is 0. The summed E-state index contributed by atoms with van der Waals surface area (Å²) in [5.41, 5.74) is 2.30. The van der Waals surface area contributed by atoms with Crippen LogP contribution in [0.1, 0.15) is 23.1 Å². The van der Waals surface area contributed by atoms with Gasteiger partial charge in [0, 0.05) is 18.8 Å². The second-order valence-electron chi connectivity index (χ2n) is 6.74. The van der Waals surface area contributed by atoms with Crippen LogP contribution in [-0.4, -0.2) is 15.5 Å². The van der Waals surface area contributed by atoms with E-state index in [1.54, 1.807) is 4.68 Å². The molecular formula is C25H22N2O. The Bertz CT molecular complexity index is 984. The van der Waals surface area contributed by atoms with E-state index in [1.807, 2.05) is 116 Å². The number of aromatic nitrogens is 1. The van der Waals surface area contributed by atoms with Gasteiger partial charge in [-0.1, -0.05) is 91.0 Å². The van der Waals surface area contributed by atoms with Gasteiger partial charge in [-0.3, -0.25) is 0 Å². The molecule has 1 aromatic heterocycles. The van der Waals surface area contributed by atoms with Crippen LogP contribution in [0.25, 0.3) is 0 Å². The zero-order chi connectivity index (χ0) is 19.2. The second-order valence-corrected chi connectivity index (χ2v) is 6.74. The molecule has 4 aromatic rings. The van der Waals surface area contributed by atoms with Gasteiger partial charge in [0.15, 0.2) is 0 Å². The van der Waals surface area contributed by atoms with E-state index in [4.69, 9.17) is 5.10 Å². The Labute approximate surface area is 165 Å². The minimum absolute atomic E-state index is 0.350. The summed E-state index contributed by atoms with van der Waals surface area (Å²) < 4.78 is 1.78. The maximum Gasteiger partial charge on any atom is 0.120 e. The Morgan fingerprint density at radius 3 is 1.64 bits per heavy atom. The summed E-state index contributed by atoms with van der Waals surface area (Å²) in [6.07, 6.45) is 4.14. The second kappa shape index (κ2) is 8.07. The smallest absolute Gasteiger partial charge is 0.120 e. The molecule has 0 unspecified atom stereocenters. The molecule has 0 aliphatic rings. The molecule has 28 heavy (non-hydrogen) atoms. The van der Waals surface area contributed by atoms with E-state index in [9.17, 15) is 5.11 Å². The molecule has 3 heteroatoms. The average Bonchev–Trinajstić information content (AvgIpc) is 3.28. The van der Waals surface area contributed by atoms with E-state index < -0.39 is 5.60 Å². The van der Waals surface area contributed by atoms with E-state index in [0.29, 0.717) is 6.42 Å². The number of aliphatic hydroxyl groups is 1. The molecule has 0 bridgehead atoms. The lowest BCUT2D eigenvalue weighted by atomic mass is 9.81. The number of hydrogen-bond acceptors (Lipinski definition) is 2. The highest BCUT2D eigenvalue weighted by molar-refractivity contribution is 6.01. The van der Waals surface area contributed by atoms with E-state index >= 15 is 0 Å². The molecule has 1 heterocycles. The maximum atomic E-state index is 11.9. The largest absolute Gasteiger partial charge is 0.380 e. The minimum atomic E-state index is -1.19. The van der Waals surface area contributed by atoms with Crippen molar-refractivity contribution in [2.24, 2.45) is 5.10 Å². The van der Waals surface area contributed by atoms with Gasteiger partial charge in [0.1, 0.15) is 5.60 Å². The lowest BCUT2D eigenvalue weighted by Crippen LogP contribution is -2.31. The van der Waals surface area contributed by atoms with Crippen LogP contribution in [0.15, 0.2) is 121 Å². The molecule has 3 nitrogen and oxygen atoms in total. The first-order chi connectivity index (χ1) is 13.8. The van der Waals surface area contributed by atoms with Crippen molar-refractivity contribution in [1.29, 1.82) is 0 Å². The minimum Gasteiger partial charge on any atom is -0.380 e. The van der Waals surface area contributed by atoms with Gasteiger partial charge in [0.2, 0.25) is 0 Å². The van der Waals surface area contributed by atoms with E-state index in [-0.39, 0.29) is 0 Å². The Morgan fingerprint density at radius 2 is 1.14 bits per heavy atom. The Kier molecular flexibility index (Phi) is 5.18. The molecule has 0 amide bonds. The van der Waals surface area contributed by atoms with Crippen molar-refractivity contribution < 1.29 is 5.11 Å². The lowest BCUT2D eigenvalue weighted by Gasteiger charge is -2.30. The van der Waals surface area contributed by atoms with Crippen LogP contribution < -0.4 is 0 Å². The quantitative estimate of drug-likeness (QED) is 0.476. The van der Waals surface area contributed by atoms with Crippen LogP contribution in [0.4, 0.5) is 0 Å². The first-order valence-corrected chi connectivity index (χ1v) is 9.35. The highest BCUT2D eigenvalue weighted by Gasteiger charge is 2.33. The van der Waals surface area contributed by atoms with Gasteiger partial charge in [-0.2, -0.15) is 5.10 Å². The SMILES string of the molecule is OC(C/C(=N/n1cccc1)c1ccccc1)(c1ccccc1)c1ccccc1. The summed E-state index contributed by atoms with van der Waals surface area (Å²) >= 11 is 0.